The van der Waals surface area contributed by atoms with Crippen molar-refractivity contribution in [1.29, 1.82) is 0 Å². The summed E-state index contributed by atoms with van der Waals surface area (Å²) in [6.07, 6.45) is 11.6. The molecule has 1 heterocycles. The zero-order valence-electron chi connectivity index (χ0n) is 14.7. The molecule has 0 fully saturated rings. The highest BCUT2D eigenvalue weighted by Crippen LogP contribution is 2.01. The zero-order valence-corrected chi connectivity index (χ0v) is 14.7. The monoisotopic (exact) mass is 295 g/mol. The Bertz CT molecular complexity index is 206. The van der Waals surface area contributed by atoms with Crippen LogP contribution in [0, 0.1) is 0 Å². The third kappa shape index (κ3) is 19.1. The molecule has 3 nitrogen and oxygen atoms in total. The van der Waals surface area contributed by atoms with Crippen LogP contribution in [0.4, 0.5) is 0 Å². The van der Waals surface area contributed by atoms with Gasteiger partial charge in [-0.25, -0.2) is 0 Å². The molecule has 0 saturated heterocycles. The predicted octanol–water partition coefficient (Wildman–Crippen LogP) is 4.35. The van der Waals surface area contributed by atoms with Crippen LogP contribution < -0.4 is 5.73 Å². The molecule has 1 aromatic heterocycles. The van der Waals surface area contributed by atoms with Gasteiger partial charge in [-0.15, -0.1) is 0 Å². The lowest BCUT2D eigenvalue weighted by Crippen LogP contribution is -2.27. The van der Waals surface area contributed by atoms with Crippen molar-refractivity contribution in [1.82, 2.24) is 9.88 Å². The fraction of sp³-hybridized carbons (Fsp3) is 0.722. The predicted molar refractivity (Wildman–Crippen MR) is 95.5 cm³/mol. The topological polar surface area (TPSA) is 42.1 Å². The first kappa shape index (κ1) is 22.4. The first-order valence-corrected chi connectivity index (χ1v) is 8.50. The molecule has 0 saturated carbocycles. The molecule has 0 radical (unpaired) electrons. The van der Waals surface area contributed by atoms with E-state index in [1.165, 1.54) is 65.2 Å². The Morgan fingerprint density at radius 1 is 0.714 bits per heavy atom. The minimum absolute atomic E-state index is 1.32. The largest absolute Gasteiger partial charge is 0.333 e. The molecule has 0 bridgehead atoms. The second-order valence-corrected chi connectivity index (χ2v) is 4.93. The van der Waals surface area contributed by atoms with E-state index in [0.717, 1.165) is 0 Å². The van der Waals surface area contributed by atoms with Gasteiger partial charge in [-0.1, -0.05) is 46.1 Å². The number of rotatable bonds is 9. The molecule has 124 valence electrons. The smallest absolute Gasteiger partial charge is 0.0267 e. The summed E-state index contributed by atoms with van der Waals surface area (Å²) < 4.78 is 0. The molecule has 0 aliphatic carbocycles. The van der Waals surface area contributed by atoms with E-state index < -0.39 is 0 Å². The average molecular weight is 296 g/mol. The Morgan fingerprint density at radius 3 is 1.29 bits per heavy atom. The van der Waals surface area contributed by atoms with Crippen molar-refractivity contribution in [2.45, 2.75) is 59.3 Å². The molecule has 0 aliphatic heterocycles. The van der Waals surface area contributed by atoms with Crippen molar-refractivity contribution < 1.29 is 0 Å². The number of aromatic nitrogens is 1. The van der Waals surface area contributed by atoms with Gasteiger partial charge in [-0.05, 0) is 58.1 Å². The third-order valence-corrected chi connectivity index (χ3v) is 3.05. The van der Waals surface area contributed by atoms with Crippen molar-refractivity contribution in [2.75, 3.05) is 26.7 Å². The normalized spacial score (nSPS) is 9.43. The fourth-order valence-electron chi connectivity index (χ4n) is 1.79. The van der Waals surface area contributed by atoms with Crippen LogP contribution in [0.5, 0.6) is 0 Å². The van der Waals surface area contributed by atoms with E-state index >= 15 is 0 Å². The maximum atomic E-state index is 4.50. The minimum atomic E-state index is 1.32. The quantitative estimate of drug-likeness (QED) is 0.736. The fourth-order valence-corrected chi connectivity index (χ4v) is 1.79. The molecular weight excluding hydrogens is 258 g/mol. The number of unbranched alkanes of at least 4 members (excludes halogenated alkanes) is 3. The Labute approximate surface area is 133 Å². The van der Waals surface area contributed by atoms with Crippen molar-refractivity contribution in [3.8, 4) is 0 Å². The van der Waals surface area contributed by atoms with Crippen LogP contribution in [-0.2, 0) is 0 Å². The summed E-state index contributed by atoms with van der Waals surface area (Å²) in [5.74, 6) is 0. The molecule has 0 unspecified atom stereocenters. The van der Waals surface area contributed by atoms with Crippen LogP contribution in [0.25, 0.3) is 0 Å². The third-order valence-electron chi connectivity index (χ3n) is 3.05. The number of nitrogens with two attached hydrogens (primary N) is 1. The van der Waals surface area contributed by atoms with Gasteiger partial charge in [0.25, 0.3) is 0 Å². The molecule has 0 amide bonds. The second kappa shape index (κ2) is 21.4. The van der Waals surface area contributed by atoms with Gasteiger partial charge in [0, 0.05) is 12.4 Å². The van der Waals surface area contributed by atoms with Gasteiger partial charge in [0.2, 0.25) is 0 Å². The van der Waals surface area contributed by atoms with E-state index in [0.29, 0.717) is 0 Å². The van der Waals surface area contributed by atoms with Crippen LogP contribution in [0.1, 0.15) is 59.3 Å². The standard InChI is InChI=1S/C12H27N.C5H5N.CH5N/c1-4-7-10-13(11-8-5-2)12-9-6-3;1-2-4-6-5-3-1;1-2/h4-12H2,1-3H3;1-5H;2H2,1H3. The summed E-state index contributed by atoms with van der Waals surface area (Å²) in [5.41, 5.74) is 4.50. The van der Waals surface area contributed by atoms with Gasteiger partial charge in [0.1, 0.15) is 0 Å². The number of nitrogens with zero attached hydrogens (tertiary/aromatic N) is 2. The Balaban J connectivity index is 0. The van der Waals surface area contributed by atoms with E-state index in [-0.39, 0.29) is 0 Å². The Morgan fingerprint density at radius 2 is 1.10 bits per heavy atom. The van der Waals surface area contributed by atoms with Gasteiger partial charge in [0.05, 0.1) is 0 Å². The number of pyridine rings is 1. The molecule has 0 spiro atoms. The molecule has 21 heavy (non-hydrogen) atoms. The van der Waals surface area contributed by atoms with Crippen LogP contribution in [-0.4, -0.2) is 36.6 Å². The van der Waals surface area contributed by atoms with Crippen molar-refractivity contribution in [2.24, 2.45) is 5.73 Å². The zero-order chi connectivity index (χ0) is 16.2. The van der Waals surface area contributed by atoms with E-state index in [4.69, 9.17) is 0 Å². The molecule has 1 rings (SSSR count). The first-order valence-electron chi connectivity index (χ1n) is 8.50. The highest BCUT2D eigenvalue weighted by molar-refractivity contribution is 4.88. The van der Waals surface area contributed by atoms with Gasteiger partial charge >= 0.3 is 0 Å². The van der Waals surface area contributed by atoms with E-state index in [2.05, 4.69) is 36.4 Å². The molecule has 0 atom stereocenters. The van der Waals surface area contributed by atoms with Gasteiger partial charge < -0.3 is 10.6 Å². The highest BCUT2D eigenvalue weighted by Gasteiger charge is 2.01. The summed E-state index contributed by atoms with van der Waals surface area (Å²) in [6.45, 7) is 10.8. The number of hydrogen-bond donors (Lipinski definition) is 1. The summed E-state index contributed by atoms with van der Waals surface area (Å²) >= 11 is 0. The van der Waals surface area contributed by atoms with Crippen LogP contribution in [0.3, 0.4) is 0 Å². The maximum absolute atomic E-state index is 4.50. The van der Waals surface area contributed by atoms with Gasteiger partial charge in [-0.2, -0.15) is 0 Å². The summed E-state index contributed by atoms with van der Waals surface area (Å²) in [5, 5.41) is 0. The molecule has 3 heteroatoms. The minimum Gasteiger partial charge on any atom is -0.333 e. The van der Waals surface area contributed by atoms with E-state index in [1.807, 2.05) is 18.2 Å². The van der Waals surface area contributed by atoms with Crippen LogP contribution in [0.15, 0.2) is 30.6 Å². The lowest BCUT2D eigenvalue weighted by Gasteiger charge is -2.21. The van der Waals surface area contributed by atoms with Crippen LogP contribution in [0.2, 0.25) is 0 Å². The van der Waals surface area contributed by atoms with E-state index in [9.17, 15) is 0 Å². The van der Waals surface area contributed by atoms with Crippen molar-refractivity contribution in [3.05, 3.63) is 30.6 Å². The SMILES string of the molecule is CCCCN(CCCC)CCCC.CN.c1ccncc1. The molecule has 2 N–H and O–H groups in total. The lowest BCUT2D eigenvalue weighted by molar-refractivity contribution is 0.261. The average Bonchev–Trinajstić information content (AvgIpc) is 2.58. The van der Waals surface area contributed by atoms with Crippen LogP contribution >= 0.6 is 0 Å². The summed E-state index contributed by atoms with van der Waals surface area (Å²) in [4.78, 5) is 6.42. The summed E-state index contributed by atoms with van der Waals surface area (Å²) in [7, 11) is 1.50. The summed E-state index contributed by atoms with van der Waals surface area (Å²) in [6, 6.07) is 5.72. The van der Waals surface area contributed by atoms with E-state index in [1.54, 1.807) is 12.4 Å². The van der Waals surface area contributed by atoms with Gasteiger partial charge in [-0.3, -0.25) is 4.98 Å². The molecule has 0 aliphatic rings. The Hall–Kier alpha value is -0.930. The Kier molecular flexibility index (Phi) is 22.7. The number of hydrogen-bond acceptors (Lipinski definition) is 3. The molecule has 1 aromatic rings. The van der Waals surface area contributed by atoms with Gasteiger partial charge in [0.15, 0.2) is 0 Å². The van der Waals surface area contributed by atoms with Crippen molar-refractivity contribution >= 4 is 0 Å². The maximum Gasteiger partial charge on any atom is 0.0267 e. The molecular formula is C18H37N3. The highest BCUT2D eigenvalue weighted by atomic mass is 15.1. The second-order valence-electron chi connectivity index (χ2n) is 4.93. The van der Waals surface area contributed by atoms with Crippen molar-refractivity contribution in [3.63, 3.8) is 0 Å². The molecule has 0 aromatic carbocycles. The first-order chi connectivity index (χ1) is 10.3. The lowest BCUT2D eigenvalue weighted by atomic mass is 10.2.